The van der Waals surface area contributed by atoms with E-state index in [-0.39, 0.29) is 5.91 Å². The van der Waals surface area contributed by atoms with Crippen LogP contribution in [0.4, 0.5) is 5.00 Å². The molecule has 20 heavy (non-hydrogen) atoms. The number of anilines is 1. The highest BCUT2D eigenvalue weighted by atomic mass is 32.1. The summed E-state index contributed by atoms with van der Waals surface area (Å²) in [5, 5.41) is 12.9. The summed E-state index contributed by atoms with van der Waals surface area (Å²) < 4.78 is 0. The van der Waals surface area contributed by atoms with Gasteiger partial charge < -0.3 is 5.32 Å². The lowest BCUT2D eigenvalue weighted by atomic mass is 9.69. The molecule has 108 valence electrons. The van der Waals surface area contributed by atoms with Crippen LogP contribution in [0.5, 0.6) is 0 Å². The predicted molar refractivity (Wildman–Crippen MR) is 82.9 cm³/mol. The molecule has 1 N–H and O–H groups in total. The number of thiophene rings is 1. The lowest BCUT2D eigenvalue weighted by molar-refractivity contribution is -0.114. The number of nitriles is 1. The van der Waals surface area contributed by atoms with Crippen molar-refractivity contribution >= 4 is 22.2 Å². The van der Waals surface area contributed by atoms with Crippen LogP contribution >= 0.6 is 11.3 Å². The number of rotatable bonds is 3. The van der Waals surface area contributed by atoms with Crippen LogP contribution in [-0.2, 0) is 17.6 Å². The summed E-state index contributed by atoms with van der Waals surface area (Å²) in [6, 6.07) is 2.27. The molecule has 1 aliphatic rings. The first-order valence-electron chi connectivity index (χ1n) is 7.21. The third-order valence-electron chi connectivity index (χ3n) is 4.68. The average Bonchev–Trinajstić information content (AvgIpc) is 2.73. The van der Waals surface area contributed by atoms with Gasteiger partial charge in [0.05, 0.1) is 5.56 Å². The standard InChI is InChI=1S/C16H22N2OS/c1-5-16(3,4)11-6-7-12-13(9-17)15(18-10(2)19)20-14(12)8-11/h11H,5-8H2,1-4H3,(H,18,19)/t11-/m1/s1. The average molecular weight is 290 g/mol. The van der Waals surface area contributed by atoms with Gasteiger partial charge in [-0.3, -0.25) is 4.79 Å². The van der Waals surface area contributed by atoms with Crippen LogP contribution in [-0.4, -0.2) is 5.91 Å². The van der Waals surface area contributed by atoms with Crippen LogP contribution in [0.25, 0.3) is 0 Å². The molecule has 0 spiro atoms. The third kappa shape index (κ3) is 2.73. The van der Waals surface area contributed by atoms with Crippen molar-refractivity contribution in [1.29, 1.82) is 5.26 Å². The SMILES string of the molecule is CCC(C)(C)[C@@H]1CCc2c(sc(NC(C)=O)c2C#N)C1. The summed E-state index contributed by atoms with van der Waals surface area (Å²) in [6.45, 7) is 8.39. The Morgan fingerprint density at radius 1 is 1.55 bits per heavy atom. The van der Waals surface area contributed by atoms with Crippen LogP contribution in [0, 0.1) is 22.7 Å². The zero-order valence-electron chi connectivity index (χ0n) is 12.7. The van der Waals surface area contributed by atoms with Crippen LogP contribution in [0.15, 0.2) is 0 Å². The lowest BCUT2D eigenvalue weighted by Gasteiger charge is -2.36. The van der Waals surface area contributed by atoms with Gasteiger partial charge in [-0.15, -0.1) is 11.3 Å². The Morgan fingerprint density at radius 3 is 2.80 bits per heavy atom. The van der Waals surface area contributed by atoms with Gasteiger partial charge in [-0.05, 0) is 36.2 Å². The van der Waals surface area contributed by atoms with E-state index < -0.39 is 0 Å². The van der Waals surface area contributed by atoms with E-state index in [1.54, 1.807) is 11.3 Å². The molecule has 4 heteroatoms. The number of nitrogens with zero attached hydrogens (tertiary/aromatic N) is 1. The highest BCUT2D eigenvalue weighted by Crippen LogP contribution is 2.45. The van der Waals surface area contributed by atoms with E-state index in [9.17, 15) is 10.1 Å². The molecule has 0 radical (unpaired) electrons. The second kappa shape index (κ2) is 5.57. The number of nitrogens with one attached hydrogen (secondary N) is 1. The van der Waals surface area contributed by atoms with Crippen molar-refractivity contribution in [3.8, 4) is 6.07 Å². The number of hydrogen-bond donors (Lipinski definition) is 1. The molecule has 0 bridgehead atoms. The summed E-state index contributed by atoms with van der Waals surface area (Å²) in [5.74, 6) is 0.556. The highest BCUT2D eigenvalue weighted by Gasteiger charge is 2.33. The molecule has 0 unspecified atom stereocenters. The molecule has 1 aromatic heterocycles. The van der Waals surface area contributed by atoms with Crippen molar-refractivity contribution in [2.24, 2.45) is 11.3 Å². The molecule has 0 saturated heterocycles. The normalized spacial score (nSPS) is 18.2. The Bertz CT molecular complexity index is 566. The largest absolute Gasteiger partial charge is 0.317 e. The second-order valence-electron chi connectivity index (χ2n) is 6.28. The van der Waals surface area contributed by atoms with Crippen molar-refractivity contribution in [1.82, 2.24) is 0 Å². The highest BCUT2D eigenvalue weighted by molar-refractivity contribution is 7.16. The summed E-state index contributed by atoms with van der Waals surface area (Å²) in [7, 11) is 0. The van der Waals surface area contributed by atoms with Crippen LogP contribution in [0.3, 0.4) is 0 Å². The molecule has 1 heterocycles. The van der Waals surface area contributed by atoms with E-state index in [0.717, 1.165) is 24.3 Å². The Balaban J connectivity index is 2.32. The molecule has 1 aliphatic carbocycles. The summed E-state index contributed by atoms with van der Waals surface area (Å²) in [6.07, 6.45) is 4.30. The minimum atomic E-state index is -0.106. The smallest absolute Gasteiger partial charge is 0.221 e. The Morgan fingerprint density at radius 2 is 2.25 bits per heavy atom. The summed E-state index contributed by atoms with van der Waals surface area (Å²) >= 11 is 1.59. The van der Waals surface area contributed by atoms with Gasteiger partial charge in [-0.25, -0.2) is 0 Å². The topological polar surface area (TPSA) is 52.9 Å². The van der Waals surface area contributed by atoms with E-state index in [1.165, 1.54) is 23.8 Å². The first-order chi connectivity index (χ1) is 9.39. The van der Waals surface area contributed by atoms with Crippen molar-refractivity contribution in [3.05, 3.63) is 16.0 Å². The van der Waals surface area contributed by atoms with E-state index in [1.807, 2.05) is 0 Å². The van der Waals surface area contributed by atoms with E-state index in [4.69, 9.17) is 0 Å². The molecule has 3 nitrogen and oxygen atoms in total. The van der Waals surface area contributed by atoms with E-state index >= 15 is 0 Å². The Hall–Kier alpha value is -1.34. The van der Waals surface area contributed by atoms with Gasteiger partial charge in [-0.2, -0.15) is 5.26 Å². The van der Waals surface area contributed by atoms with Crippen molar-refractivity contribution < 1.29 is 4.79 Å². The fourth-order valence-corrected chi connectivity index (χ4v) is 4.23. The minimum Gasteiger partial charge on any atom is -0.317 e. The minimum absolute atomic E-state index is 0.106. The number of carbonyl (C=O) groups excluding carboxylic acids is 1. The Labute approximate surface area is 125 Å². The zero-order valence-corrected chi connectivity index (χ0v) is 13.5. The second-order valence-corrected chi connectivity index (χ2v) is 7.39. The molecular formula is C16H22N2OS. The van der Waals surface area contributed by atoms with Gasteiger partial charge in [0.2, 0.25) is 5.91 Å². The number of fused-ring (bicyclic) bond motifs is 1. The van der Waals surface area contributed by atoms with Crippen molar-refractivity contribution in [2.75, 3.05) is 5.32 Å². The molecule has 1 atom stereocenters. The molecule has 1 aromatic rings. The summed E-state index contributed by atoms with van der Waals surface area (Å²) in [5.41, 5.74) is 2.19. The van der Waals surface area contributed by atoms with Gasteiger partial charge in [0.25, 0.3) is 0 Å². The van der Waals surface area contributed by atoms with Crippen LogP contribution in [0.2, 0.25) is 0 Å². The molecule has 0 aromatic carbocycles. The molecule has 0 saturated carbocycles. The zero-order chi connectivity index (χ0) is 14.9. The first kappa shape index (κ1) is 15.1. The number of amides is 1. The molecule has 2 rings (SSSR count). The number of hydrogen-bond acceptors (Lipinski definition) is 3. The third-order valence-corrected chi connectivity index (χ3v) is 5.85. The molecule has 0 aliphatic heterocycles. The lowest BCUT2D eigenvalue weighted by Crippen LogP contribution is -2.28. The van der Waals surface area contributed by atoms with Gasteiger partial charge in [0.1, 0.15) is 11.1 Å². The first-order valence-corrected chi connectivity index (χ1v) is 8.03. The van der Waals surface area contributed by atoms with Crippen LogP contribution < -0.4 is 5.32 Å². The number of carbonyl (C=O) groups is 1. The maximum Gasteiger partial charge on any atom is 0.221 e. The van der Waals surface area contributed by atoms with Gasteiger partial charge >= 0.3 is 0 Å². The van der Waals surface area contributed by atoms with Crippen molar-refractivity contribution in [2.45, 2.75) is 53.4 Å². The van der Waals surface area contributed by atoms with Crippen LogP contribution in [0.1, 0.15) is 56.5 Å². The van der Waals surface area contributed by atoms with Gasteiger partial charge in [0.15, 0.2) is 0 Å². The summed E-state index contributed by atoms with van der Waals surface area (Å²) in [4.78, 5) is 12.5. The molecule has 0 fully saturated rings. The maximum atomic E-state index is 11.3. The monoisotopic (exact) mass is 290 g/mol. The van der Waals surface area contributed by atoms with E-state index in [0.29, 0.717) is 16.9 Å². The van der Waals surface area contributed by atoms with Crippen molar-refractivity contribution in [3.63, 3.8) is 0 Å². The molecule has 1 amide bonds. The van der Waals surface area contributed by atoms with Gasteiger partial charge in [-0.1, -0.05) is 27.2 Å². The van der Waals surface area contributed by atoms with Gasteiger partial charge in [0, 0.05) is 11.8 Å². The predicted octanol–water partition coefficient (Wildman–Crippen LogP) is 4.12. The quantitative estimate of drug-likeness (QED) is 0.910. The fourth-order valence-electron chi connectivity index (χ4n) is 2.91. The Kier molecular flexibility index (Phi) is 4.19. The molecular weight excluding hydrogens is 268 g/mol. The fraction of sp³-hybridized carbons (Fsp3) is 0.625. The maximum absolute atomic E-state index is 11.3. The van der Waals surface area contributed by atoms with E-state index in [2.05, 4.69) is 32.2 Å².